The van der Waals surface area contributed by atoms with Crippen molar-refractivity contribution in [3.05, 3.63) is 60.2 Å². The molecule has 0 unspecified atom stereocenters. The van der Waals surface area contributed by atoms with Gasteiger partial charge in [0.2, 0.25) is 10.0 Å². The Kier molecular flexibility index (Phi) is 5.67. The number of rotatable bonds is 4. The second kappa shape index (κ2) is 7.82. The van der Waals surface area contributed by atoms with Crippen LogP contribution in [0.5, 0.6) is 0 Å². The van der Waals surface area contributed by atoms with Crippen LogP contribution in [0.15, 0.2) is 59.5 Å². The van der Waals surface area contributed by atoms with Gasteiger partial charge >= 0.3 is 0 Å². The second-order valence-corrected chi connectivity index (χ2v) is 9.43. The van der Waals surface area contributed by atoms with Gasteiger partial charge in [0.15, 0.2) is 0 Å². The molecule has 27 heavy (non-hydrogen) atoms. The topological polar surface area (TPSA) is 57.7 Å². The van der Waals surface area contributed by atoms with Gasteiger partial charge in [0.1, 0.15) is 0 Å². The maximum Gasteiger partial charge on any atom is 0.258 e. The molecule has 0 spiro atoms. The van der Waals surface area contributed by atoms with Gasteiger partial charge in [0.05, 0.1) is 4.90 Å². The van der Waals surface area contributed by atoms with E-state index < -0.39 is 10.0 Å². The Morgan fingerprint density at radius 2 is 1.52 bits per heavy atom. The molecule has 0 aromatic heterocycles. The molecule has 0 saturated carbocycles. The molecule has 1 amide bonds. The maximum atomic E-state index is 12.9. The van der Waals surface area contributed by atoms with Crippen LogP contribution in [-0.2, 0) is 10.0 Å². The zero-order valence-corrected chi connectivity index (χ0v) is 16.8. The van der Waals surface area contributed by atoms with Gasteiger partial charge in [-0.2, -0.15) is 4.31 Å². The van der Waals surface area contributed by atoms with Crippen LogP contribution in [0.25, 0.3) is 0 Å². The molecule has 2 aromatic rings. The van der Waals surface area contributed by atoms with E-state index in [1.807, 2.05) is 30.3 Å². The van der Waals surface area contributed by atoms with Crippen LogP contribution in [0, 0.1) is 11.8 Å². The van der Waals surface area contributed by atoms with E-state index in [1.54, 1.807) is 28.4 Å². The molecule has 3 rings (SSSR count). The van der Waals surface area contributed by atoms with Gasteiger partial charge in [-0.3, -0.25) is 4.79 Å². The first-order valence-electron chi connectivity index (χ1n) is 9.22. The normalized spacial score (nSPS) is 21.0. The first kappa shape index (κ1) is 19.6. The summed E-state index contributed by atoms with van der Waals surface area (Å²) in [5.41, 5.74) is 1.25. The van der Waals surface area contributed by atoms with Gasteiger partial charge in [-0.1, -0.05) is 32.0 Å². The Bertz CT molecular complexity index is 885. The maximum absolute atomic E-state index is 12.9. The van der Waals surface area contributed by atoms with E-state index in [9.17, 15) is 13.2 Å². The minimum absolute atomic E-state index is 0.176. The molecule has 1 aliphatic rings. The fraction of sp³-hybridized carbons (Fsp3) is 0.381. The molecule has 0 N–H and O–H groups in total. The number of benzene rings is 2. The molecular formula is C21H26N2O3S. The summed E-state index contributed by atoms with van der Waals surface area (Å²) in [6.45, 7) is 5.26. The molecule has 0 radical (unpaired) electrons. The molecule has 5 nitrogen and oxygen atoms in total. The number of anilines is 1. The zero-order chi connectivity index (χ0) is 19.6. The lowest BCUT2D eigenvalue weighted by molar-refractivity contribution is 0.0993. The first-order chi connectivity index (χ1) is 12.8. The molecule has 0 aliphatic carbocycles. The summed E-state index contributed by atoms with van der Waals surface area (Å²) in [4.78, 5) is 14.5. The summed E-state index contributed by atoms with van der Waals surface area (Å²) in [5.74, 6) is 0.526. The van der Waals surface area contributed by atoms with Crippen molar-refractivity contribution in [1.29, 1.82) is 0 Å². The van der Waals surface area contributed by atoms with Crippen molar-refractivity contribution in [2.24, 2.45) is 11.8 Å². The van der Waals surface area contributed by atoms with Crippen molar-refractivity contribution in [3.8, 4) is 0 Å². The quantitative estimate of drug-likeness (QED) is 0.806. The van der Waals surface area contributed by atoms with Crippen molar-refractivity contribution in [2.75, 3.05) is 25.0 Å². The van der Waals surface area contributed by atoms with E-state index in [0.717, 1.165) is 12.1 Å². The number of carbonyl (C=O) groups is 1. The molecule has 144 valence electrons. The van der Waals surface area contributed by atoms with Gasteiger partial charge in [0, 0.05) is 31.4 Å². The molecule has 6 heteroatoms. The third-order valence-electron chi connectivity index (χ3n) is 5.02. The number of hydrogen-bond acceptors (Lipinski definition) is 3. The Morgan fingerprint density at radius 1 is 0.963 bits per heavy atom. The van der Waals surface area contributed by atoms with E-state index in [2.05, 4.69) is 13.8 Å². The standard InChI is InChI=1S/C21H26N2O3S/c1-16-13-17(2)15-23(14-16)27(25,26)20-11-9-18(10-12-20)21(24)22(3)19-7-5-4-6-8-19/h4-12,16-17H,13-15H2,1-3H3/t16-,17-/m1/s1. The Balaban J connectivity index is 1.79. The lowest BCUT2D eigenvalue weighted by Crippen LogP contribution is -2.42. The van der Waals surface area contributed by atoms with Crippen molar-refractivity contribution in [1.82, 2.24) is 4.31 Å². The average molecular weight is 387 g/mol. The largest absolute Gasteiger partial charge is 0.311 e. The summed E-state index contributed by atoms with van der Waals surface area (Å²) in [7, 11) is -1.83. The number of amides is 1. The molecular weight excluding hydrogens is 360 g/mol. The van der Waals surface area contributed by atoms with E-state index in [0.29, 0.717) is 30.5 Å². The van der Waals surface area contributed by atoms with Crippen molar-refractivity contribution < 1.29 is 13.2 Å². The van der Waals surface area contributed by atoms with Gasteiger partial charge in [-0.15, -0.1) is 0 Å². The molecule has 2 atom stereocenters. The van der Waals surface area contributed by atoms with Crippen LogP contribution in [0.2, 0.25) is 0 Å². The monoisotopic (exact) mass is 386 g/mol. The number of sulfonamides is 1. The summed E-state index contributed by atoms with van der Waals surface area (Å²) in [6.07, 6.45) is 1.05. The molecule has 1 aliphatic heterocycles. The van der Waals surface area contributed by atoms with Crippen molar-refractivity contribution >= 4 is 21.6 Å². The fourth-order valence-electron chi connectivity index (χ4n) is 3.68. The lowest BCUT2D eigenvalue weighted by atomic mass is 9.94. The zero-order valence-electron chi connectivity index (χ0n) is 16.0. The number of para-hydroxylation sites is 1. The average Bonchev–Trinajstić information content (AvgIpc) is 2.67. The van der Waals surface area contributed by atoms with E-state index in [4.69, 9.17) is 0 Å². The fourth-order valence-corrected chi connectivity index (χ4v) is 5.36. The molecule has 1 fully saturated rings. The summed E-state index contributed by atoms with van der Waals surface area (Å²) in [5, 5.41) is 0. The second-order valence-electron chi connectivity index (χ2n) is 7.49. The van der Waals surface area contributed by atoms with E-state index in [1.165, 1.54) is 12.1 Å². The highest BCUT2D eigenvalue weighted by Gasteiger charge is 2.31. The molecule has 1 heterocycles. The van der Waals surface area contributed by atoms with Gasteiger partial charge in [-0.05, 0) is 54.7 Å². The smallest absolute Gasteiger partial charge is 0.258 e. The number of hydrogen-bond donors (Lipinski definition) is 0. The number of nitrogens with zero attached hydrogens (tertiary/aromatic N) is 2. The summed E-state index contributed by atoms with van der Waals surface area (Å²) in [6, 6.07) is 15.6. The molecule has 2 aromatic carbocycles. The third kappa shape index (κ3) is 4.22. The third-order valence-corrected chi connectivity index (χ3v) is 6.87. The minimum Gasteiger partial charge on any atom is -0.311 e. The summed E-state index contributed by atoms with van der Waals surface area (Å²) < 4.78 is 27.5. The highest BCUT2D eigenvalue weighted by molar-refractivity contribution is 7.89. The van der Waals surface area contributed by atoms with Gasteiger partial charge in [0.25, 0.3) is 5.91 Å². The predicted molar refractivity (Wildman–Crippen MR) is 107 cm³/mol. The number of carbonyl (C=O) groups excluding carboxylic acids is 1. The van der Waals surface area contributed by atoms with E-state index in [-0.39, 0.29) is 10.8 Å². The highest BCUT2D eigenvalue weighted by atomic mass is 32.2. The van der Waals surface area contributed by atoms with Crippen LogP contribution < -0.4 is 4.90 Å². The highest BCUT2D eigenvalue weighted by Crippen LogP contribution is 2.27. The van der Waals surface area contributed by atoms with E-state index >= 15 is 0 Å². The van der Waals surface area contributed by atoms with Crippen LogP contribution in [0.3, 0.4) is 0 Å². The molecule has 1 saturated heterocycles. The van der Waals surface area contributed by atoms with Crippen molar-refractivity contribution in [3.63, 3.8) is 0 Å². The van der Waals surface area contributed by atoms with Crippen LogP contribution >= 0.6 is 0 Å². The SMILES string of the molecule is C[C@@H]1C[C@@H](C)CN(S(=O)(=O)c2ccc(C(=O)N(C)c3ccccc3)cc2)C1. The van der Waals surface area contributed by atoms with Crippen LogP contribution in [0.4, 0.5) is 5.69 Å². The summed E-state index contributed by atoms with van der Waals surface area (Å²) >= 11 is 0. The molecule has 0 bridgehead atoms. The minimum atomic E-state index is -3.53. The van der Waals surface area contributed by atoms with Gasteiger partial charge < -0.3 is 4.90 Å². The lowest BCUT2D eigenvalue weighted by Gasteiger charge is -2.34. The van der Waals surface area contributed by atoms with Crippen LogP contribution in [0.1, 0.15) is 30.6 Å². The Morgan fingerprint density at radius 3 is 2.07 bits per heavy atom. The van der Waals surface area contributed by atoms with Crippen LogP contribution in [-0.4, -0.2) is 38.8 Å². The first-order valence-corrected chi connectivity index (χ1v) is 10.7. The van der Waals surface area contributed by atoms with Crippen molar-refractivity contribution in [2.45, 2.75) is 25.2 Å². The number of piperidine rings is 1. The Labute approximate surface area is 161 Å². The predicted octanol–water partition coefficient (Wildman–Crippen LogP) is 3.63. The Hall–Kier alpha value is -2.18. The van der Waals surface area contributed by atoms with Gasteiger partial charge in [-0.25, -0.2) is 8.42 Å².